The average molecular weight is 207 g/mol. The standard InChI is InChI=1S/C11H17N3O/c1-9-8-14(7-6-12-9)10-4-3-5-11(13-10)15-2/h3-5,9,12H,6-8H2,1-2H3. The summed E-state index contributed by atoms with van der Waals surface area (Å²) in [6.45, 7) is 5.21. The van der Waals surface area contributed by atoms with E-state index >= 15 is 0 Å². The van der Waals surface area contributed by atoms with Crippen molar-refractivity contribution in [3.8, 4) is 5.88 Å². The fourth-order valence-corrected chi connectivity index (χ4v) is 1.83. The van der Waals surface area contributed by atoms with E-state index in [-0.39, 0.29) is 0 Å². The number of hydrogen-bond acceptors (Lipinski definition) is 4. The molecule has 1 aliphatic heterocycles. The molecule has 1 aromatic heterocycles. The molecular formula is C11H17N3O. The summed E-state index contributed by atoms with van der Waals surface area (Å²) in [5.74, 6) is 1.68. The summed E-state index contributed by atoms with van der Waals surface area (Å²) in [6.07, 6.45) is 0. The van der Waals surface area contributed by atoms with Gasteiger partial charge in [-0.15, -0.1) is 0 Å². The molecule has 0 radical (unpaired) electrons. The Morgan fingerprint density at radius 1 is 1.53 bits per heavy atom. The van der Waals surface area contributed by atoms with Crippen molar-refractivity contribution in [1.29, 1.82) is 0 Å². The Hall–Kier alpha value is -1.29. The van der Waals surface area contributed by atoms with Crippen LogP contribution < -0.4 is 15.0 Å². The zero-order valence-electron chi connectivity index (χ0n) is 9.23. The van der Waals surface area contributed by atoms with E-state index in [0.717, 1.165) is 25.5 Å². The van der Waals surface area contributed by atoms with Gasteiger partial charge in [-0.25, -0.2) is 0 Å². The topological polar surface area (TPSA) is 37.4 Å². The van der Waals surface area contributed by atoms with Gasteiger partial charge in [0.05, 0.1) is 7.11 Å². The molecule has 1 atom stereocenters. The first-order chi connectivity index (χ1) is 7.29. The largest absolute Gasteiger partial charge is 0.481 e. The Labute approximate surface area is 90.3 Å². The highest BCUT2D eigenvalue weighted by atomic mass is 16.5. The summed E-state index contributed by atoms with van der Waals surface area (Å²) in [4.78, 5) is 6.71. The SMILES string of the molecule is COc1cccc(N2CCNC(C)C2)n1. The van der Waals surface area contributed by atoms with Crippen LogP contribution in [0, 0.1) is 0 Å². The van der Waals surface area contributed by atoms with E-state index in [1.165, 1.54) is 0 Å². The number of rotatable bonds is 2. The number of anilines is 1. The Morgan fingerprint density at radius 2 is 2.40 bits per heavy atom. The van der Waals surface area contributed by atoms with Crippen LogP contribution in [-0.4, -0.2) is 37.8 Å². The van der Waals surface area contributed by atoms with Crippen molar-refractivity contribution in [2.75, 3.05) is 31.6 Å². The second kappa shape index (κ2) is 4.49. The minimum Gasteiger partial charge on any atom is -0.481 e. The molecule has 1 aromatic rings. The molecule has 4 nitrogen and oxygen atoms in total. The molecular weight excluding hydrogens is 190 g/mol. The van der Waals surface area contributed by atoms with Crippen LogP contribution in [0.25, 0.3) is 0 Å². The van der Waals surface area contributed by atoms with Crippen molar-refractivity contribution < 1.29 is 4.74 Å². The van der Waals surface area contributed by atoms with E-state index in [9.17, 15) is 0 Å². The highest BCUT2D eigenvalue weighted by Crippen LogP contribution is 2.16. The third-order valence-corrected chi connectivity index (χ3v) is 2.61. The molecule has 1 fully saturated rings. The first-order valence-electron chi connectivity index (χ1n) is 5.29. The van der Waals surface area contributed by atoms with E-state index in [4.69, 9.17) is 4.74 Å². The zero-order chi connectivity index (χ0) is 10.7. The number of pyridine rings is 1. The van der Waals surface area contributed by atoms with Crippen LogP contribution in [0.3, 0.4) is 0 Å². The average Bonchev–Trinajstić information content (AvgIpc) is 2.29. The molecule has 2 heterocycles. The van der Waals surface area contributed by atoms with E-state index < -0.39 is 0 Å². The van der Waals surface area contributed by atoms with Crippen molar-refractivity contribution in [1.82, 2.24) is 10.3 Å². The minimum absolute atomic E-state index is 0.520. The monoisotopic (exact) mass is 207 g/mol. The first-order valence-corrected chi connectivity index (χ1v) is 5.29. The van der Waals surface area contributed by atoms with Gasteiger partial charge in [-0.2, -0.15) is 4.98 Å². The number of nitrogens with one attached hydrogen (secondary N) is 1. The molecule has 0 bridgehead atoms. The van der Waals surface area contributed by atoms with E-state index in [1.54, 1.807) is 7.11 Å². The number of ether oxygens (including phenoxy) is 1. The molecule has 0 spiro atoms. The first kappa shape index (κ1) is 10.2. The van der Waals surface area contributed by atoms with Crippen LogP contribution in [0.5, 0.6) is 5.88 Å². The summed E-state index contributed by atoms with van der Waals surface area (Å²) in [7, 11) is 1.65. The minimum atomic E-state index is 0.520. The quantitative estimate of drug-likeness (QED) is 0.781. The summed E-state index contributed by atoms with van der Waals surface area (Å²) in [5.41, 5.74) is 0. The van der Waals surface area contributed by atoms with Crippen molar-refractivity contribution in [2.24, 2.45) is 0 Å². The lowest BCUT2D eigenvalue weighted by atomic mass is 10.2. The molecule has 1 aliphatic rings. The van der Waals surface area contributed by atoms with Crippen LogP contribution in [0.4, 0.5) is 5.82 Å². The van der Waals surface area contributed by atoms with Gasteiger partial charge in [-0.05, 0) is 13.0 Å². The maximum absolute atomic E-state index is 5.12. The van der Waals surface area contributed by atoms with Crippen LogP contribution in [0.15, 0.2) is 18.2 Å². The maximum atomic E-state index is 5.12. The summed E-state index contributed by atoms with van der Waals surface area (Å²) < 4.78 is 5.12. The lowest BCUT2D eigenvalue weighted by molar-refractivity contribution is 0.396. The van der Waals surface area contributed by atoms with Crippen molar-refractivity contribution in [3.63, 3.8) is 0 Å². The van der Waals surface area contributed by atoms with Gasteiger partial charge in [0.1, 0.15) is 5.82 Å². The molecule has 82 valence electrons. The van der Waals surface area contributed by atoms with Crippen LogP contribution in [0.1, 0.15) is 6.92 Å². The van der Waals surface area contributed by atoms with Gasteiger partial charge in [0.2, 0.25) is 5.88 Å². The zero-order valence-corrected chi connectivity index (χ0v) is 9.23. The molecule has 2 rings (SSSR count). The van der Waals surface area contributed by atoms with E-state index in [2.05, 4.69) is 22.1 Å². The molecule has 1 saturated heterocycles. The van der Waals surface area contributed by atoms with Crippen LogP contribution >= 0.6 is 0 Å². The highest BCUT2D eigenvalue weighted by molar-refractivity contribution is 5.41. The van der Waals surface area contributed by atoms with Gasteiger partial charge in [0.15, 0.2) is 0 Å². The number of methoxy groups -OCH3 is 1. The summed E-state index contributed by atoms with van der Waals surface area (Å²) in [5, 5.41) is 3.41. The molecule has 0 saturated carbocycles. The molecule has 0 aromatic carbocycles. The molecule has 15 heavy (non-hydrogen) atoms. The van der Waals surface area contributed by atoms with Gasteiger partial charge in [0.25, 0.3) is 0 Å². The lowest BCUT2D eigenvalue weighted by Gasteiger charge is -2.32. The lowest BCUT2D eigenvalue weighted by Crippen LogP contribution is -2.49. The Balaban J connectivity index is 2.13. The maximum Gasteiger partial charge on any atom is 0.214 e. The fourth-order valence-electron chi connectivity index (χ4n) is 1.83. The number of hydrogen-bond donors (Lipinski definition) is 1. The van der Waals surface area contributed by atoms with Crippen molar-refractivity contribution in [3.05, 3.63) is 18.2 Å². The van der Waals surface area contributed by atoms with Gasteiger partial charge >= 0.3 is 0 Å². The van der Waals surface area contributed by atoms with Crippen LogP contribution in [0.2, 0.25) is 0 Å². The number of aromatic nitrogens is 1. The predicted octanol–water partition coefficient (Wildman–Crippen LogP) is 0.888. The second-order valence-corrected chi connectivity index (χ2v) is 3.84. The van der Waals surface area contributed by atoms with Gasteiger partial charge in [-0.1, -0.05) is 6.07 Å². The van der Waals surface area contributed by atoms with Gasteiger partial charge < -0.3 is 15.0 Å². The molecule has 1 N–H and O–H groups in total. The van der Waals surface area contributed by atoms with Gasteiger partial charge in [-0.3, -0.25) is 0 Å². The summed E-state index contributed by atoms with van der Waals surface area (Å²) >= 11 is 0. The third kappa shape index (κ3) is 2.39. The molecule has 1 unspecified atom stereocenters. The number of nitrogens with zero attached hydrogens (tertiary/aromatic N) is 2. The van der Waals surface area contributed by atoms with Crippen molar-refractivity contribution in [2.45, 2.75) is 13.0 Å². The highest BCUT2D eigenvalue weighted by Gasteiger charge is 2.16. The molecule has 4 heteroatoms. The fraction of sp³-hybridized carbons (Fsp3) is 0.545. The Kier molecular flexibility index (Phi) is 3.06. The second-order valence-electron chi connectivity index (χ2n) is 3.84. The van der Waals surface area contributed by atoms with Crippen LogP contribution in [-0.2, 0) is 0 Å². The molecule has 0 aliphatic carbocycles. The smallest absolute Gasteiger partial charge is 0.214 e. The molecule has 0 amide bonds. The summed E-state index contributed by atoms with van der Waals surface area (Å²) in [6, 6.07) is 6.40. The Bertz CT molecular complexity index is 329. The third-order valence-electron chi connectivity index (χ3n) is 2.61. The van der Waals surface area contributed by atoms with E-state index in [1.807, 2.05) is 18.2 Å². The van der Waals surface area contributed by atoms with Gasteiger partial charge in [0, 0.05) is 31.7 Å². The number of piperazine rings is 1. The van der Waals surface area contributed by atoms with E-state index in [0.29, 0.717) is 11.9 Å². The predicted molar refractivity (Wildman–Crippen MR) is 60.5 cm³/mol. The van der Waals surface area contributed by atoms with Crippen molar-refractivity contribution >= 4 is 5.82 Å². The Morgan fingerprint density at radius 3 is 3.13 bits per heavy atom. The normalized spacial score (nSPS) is 21.5.